The number of piperidine rings is 2. The van der Waals surface area contributed by atoms with Crippen LogP contribution in [0.4, 0.5) is 10.1 Å². The van der Waals surface area contributed by atoms with E-state index >= 15 is 0 Å². The summed E-state index contributed by atoms with van der Waals surface area (Å²) in [4.78, 5) is 2.51. The first kappa shape index (κ1) is 13.4. The quantitative estimate of drug-likeness (QED) is 0.899. The molecule has 2 atom stereocenters. The van der Waals surface area contributed by atoms with Crippen LogP contribution in [0.3, 0.4) is 0 Å². The minimum absolute atomic E-state index is 0.354. The van der Waals surface area contributed by atoms with E-state index in [1.807, 2.05) is 0 Å². The second-order valence-corrected chi connectivity index (χ2v) is 6.02. The van der Waals surface area contributed by atoms with Crippen LogP contribution in [0.15, 0.2) is 18.2 Å². The van der Waals surface area contributed by atoms with Gasteiger partial charge in [-0.2, -0.15) is 5.26 Å². The highest BCUT2D eigenvalue weighted by Crippen LogP contribution is 2.34. The number of anilines is 1. The summed E-state index contributed by atoms with van der Waals surface area (Å²) in [6.07, 6.45) is 6.07. The minimum Gasteiger partial charge on any atom is -0.381 e. The molecular formula is C16H20FN3. The molecule has 2 fully saturated rings. The molecule has 4 heteroatoms. The van der Waals surface area contributed by atoms with Crippen molar-refractivity contribution in [2.24, 2.45) is 0 Å². The number of fused-ring (bicyclic) bond motifs is 2. The fourth-order valence-corrected chi connectivity index (χ4v) is 3.69. The Hall–Kier alpha value is -1.60. The topological polar surface area (TPSA) is 39.1 Å². The van der Waals surface area contributed by atoms with Gasteiger partial charge in [-0.3, -0.25) is 0 Å². The number of nitriles is 1. The third-order valence-corrected chi connectivity index (χ3v) is 4.80. The molecule has 1 aromatic carbocycles. The molecule has 1 aromatic rings. The van der Waals surface area contributed by atoms with Crippen molar-refractivity contribution < 1.29 is 4.39 Å². The number of benzene rings is 1. The average Bonchev–Trinajstić information content (AvgIpc) is 2.42. The molecule has 0 spiro atoms. The highest BCUT2D eigenvalue weighted by atomic mass is 19.1. The van der Waals surface area contributed by atoms with Gasteiger partial charge in [0.15, 0.2) is 0 Å². The van der Waals surface area contributed by atoms with Crippen LogP contribution in [0.2, 0.25) is 0 Å². The number of nitrogens with one attached hydrogen (secondary N) is 1. The molecule has 2 unspecified atom stereocenters. The summed E-state index contributed by atoms with van der Waals surface area (Å²) >= 11 is 0. The van der Waals surface area contributed by atoms with Crippen LogP contribution in [-0.4, -0.2) is 30.1 Å². The molecule has 106 valence electrons. The Labute approximate surface area is 119 Å². The summed E-state index contributed by atoms with van der Waals surface area (Å²) in [6, 6.07) is 8.15. The van der Waals surface area contributed by atoms with Gasteiger partial charge in [0.2, 0.25) is 0 Å². The van der Waals surface area contributed by atoms with Crippen LogP contribution >= 0.6 is 0 Å². The minimum atomic E-state index is -0.354. The van der Waals surface area contributed by atoms with Crippen LogP contribution in [0.25, 0.3) is 0 Å². The summed E-state index contributed by atoms with van der Waals surface area (Å²) in [6.45, 7) is 0. The molecule has 3 rings (SSSR count). The second kappa shape index (κ2) is 5.41. The molecule has 0 aromatic heterocycles. The molecule has 2 aliphatic heterocycles. The summed E-state index contributed by atoms with van der Waals surface area (Å²) in [5.41, 5.74) is 1.16. The molecule has 0 amide bonds. The van der Waals surface area contributed by atoms with E-state index in [4.69, 9.17) is 5.26 Å². The lowest BCUT2D eigenvalue weighted by molar-refractivity contribution is 0.0608. The third-order valence-electron chi connectivity index (χ3n) is 4.80. The van der Waals surface area contributed by atoms with Crippen LogP contribution in [0.1, 0.15) is 37.7 Å². The largest absolute Gasteiger partial charge is 0.381 e. The van der Waals surface area contributed by atoms with Gasteiger partial charge < -0.3 is 10.2 Å². The van der Waals surface area contributed by atoms with Crippen molar-refractivity contribution in [3.63, 3.8) is 0 Å². The average molecular weight is 273 g/mol. The Balaban J connectivity index is 1.74. The predicted molar refractivity (Wildman–Crippen MR) is 76.9 cm³/mol. The summed E-state index contributed by atoms with van der Waals surface area (Å²) in [5.74, 6) is -0.354. The Kier molecular flexibility index (Phi) is 3.62. The standard InChI is InChI=1S/C16H20FN3/c1-20-14-3-2-4-15(20)9-13(8-14)19-16-6-5-12(17)7-11(16)10-18/h5-7,13-15,19H,2-4,8-9H2,1H3. The van der Waals surface area contributed by atoms with E-state index in [0.717, 1.165) is 18.5 Å². The second-order valence-electron chi connectivity index (χ2n) is 6.02. The van der Waals surface area contributed by atoms with Crippen molar-refractivity contribution in [1.82, 2.24) is 4.90 Å². The first-order valence-electron chi connectivity index (χ1n) is 7.35. The van der Waals surface area contributed by atoms with Crippen molar-refractivity contribution in [3.8, 4) is 6.07 Å². The first-order chi connectivity index (χ1) is 9.67. The summed E-state index contributed by atoms with van der Waals surface area (Å²) in [7, 11) is 2.23. The van der Waals surface area contributed by atoms with Crippen LogP contribution in [0.5, 0.6) is 0 Å². The zero-order chi connectivity index (χ0) is 14.1. The van der Waals surface area contributed by atoms with E-state index in [1.165, 1.54) is 31.4 Å². The molecule has 0 aliphatic carbocycles. The maximum absolute atomic E-state index is 13.2. The van der Waals surface area contributed by atoms with Gasteiger partial charge in [0.1, 0.15) is 11.9 Å². The van der Waals surface area contributed by atoms with Gasteiger partial charge >= 0.3 is 0 Å². The van der Waals surface area contributed by atoms with Gasteiger partial charge in [0.25, 0.3) is 0 Å². The molecular weight excluding hydrogens is 253 g/mol. The van der Waals surface area contributed by atoms with Crippen LogP contribution in [0, 0.1) is 17.1 Å². The van der Waals surface area contributed by atoms with E-state index in [9.17, 15) is 4.39 Å². The first-order valence-corrected chi connectivity index (χ1v) is 7.35. The van der Waals surface area contributed by atoms with Gasteiger partial charge in [-0.15, -0.1) is 0 Å². The lowest BCUT2D eigenvalue weighted by Gasteiger charge is -2.47. The number of hydrogen-bond acceptors (Lipinski definition) is 3. The van der Waals surface area contributed by atoms with E-state index in [-0.39, 0.29) is 5.82 Å². The lowest BCUT2D eigenvalue weighted by atomic mass is 9.82. The highest BCUT2D eigenvalue weighted by molar-refractivity contribution is 5.58. The lowest BCUT2D eigenvalue weighted by Crippen LogP contribution is -2.52. The Bertz CT molecular complexity index is 523. The number of hydrogen-bond donors (Lipinski definition) is 1. The molecule has 3 nitrogen and oxygen atoms in total. The number of rotatable bonds is 2. The zero-order valence-electron chi connectivity index (χ0n) is 11.8. The van der Waals surface area contributed by atoms with Crippen LogP contribution in [-0.2, 0) is 0 Å². The van der Waals surface area contributed by atoms with E-state index in [1.54, 1.807) is 6.07 Å². The van der Waals surface area contributed by atoms with Crippen molar-refractivity contribution in [3.05, 3.63) is 29.6 Å². The van der Waals surface area contributed by atoms with E-state index in [2.05, 4.69) is 23.3 Å². The van der Waals surface area contributed by atoms with Gasteiger partial charge in [-0.1, -0.05) is 6.42 Å². The van der Waals surface area contributed by atoms with E-state index < -0.39 is 0 Å². The number of halogens is 1. The predicted octanol–water partition coefficient (Wildman–Crippen LogP) is 3.12. The van der Waals surface area contributed by atoms with Gasteiger partial charge in [-0.25, -0.2) is 4.39 Å². The van der Waals surface area contributed by atoms with Gasteiger partial charge in [0.05, 0.1) is 11.3 Å². The summed E-state index contributed by atoms with van der Waals surface area (Å²) in [5, 5.41) is 12.6. The Morgan fingerprint density at radius 2 is 2.00 bits per heavy atom. The third kappa shape index (κ3) is 2.51. The SMILES string of the molecule is CN1C2CCCC1CC(Nc1ccc(F)cc1C#N)C2. The number of nitrogens with zero attached hydrogens (tertiary/aromatic N) is 2. The summed E-state index contributed by atoms with van der Waals surface area (Å²) < 4.78 is 13.2. The molecule has 0 saturated carbocycles. The molecule has 2 aliphatic rings. The monoisotopic (exact) mass is 273 g/mol. The molecule has 2 bridgehead atoms. The van der Waals surface area contributed by atoms with Crippen molar-refractivity contribution >= 4 is 5.69 Å². The van der Waals surface area contributed by atoms with Gasteiger partial charge in [-0.05, 0) is 50.9 Å². The fourth-order valence-electron chi connectivity index (χ4n) is 3.69. The Morgan fingerprint density at radius 3 is 2.65 bits per heavy atom. The highest BCUT2D eigenvalue weighted by Gasteiger charge is 2.35. The molecule has 2 saturated heterocycles. The maximum Gasteiger partial charge on any atom is 0.124 e. The maximum atomic E-state index is 13.2. The van der Waals surface area contributed by atoms with Crippen molar-refractivity contribution in [1.29, 1.82) is 5.26 Å². The van der Waals surface area contributed by atoms with Crippen molar-refractivity contribution in [2.45, 2.75) is 50.2 Å². The molecule has 1 N–H and O–H groups in total. The van der Waals surface area contributed by atoms with Gasteiger partial charge in [0, 0.05) is 18.1 Å². The van der Waals surface area contributed by atoms with Crippen molar-refractivity contribution in [2.75, 3.05) is 12.4 Å². The van der Waals surface area contributed by atoms with Crippen LogP contribution < -0.4 is 5.32 Å². The fraction of sp³-hybridized carbons (Fsp3) is 0.562. The smallest absolute Gasteiger partial charge is 0.124 e. The Morgan fingerprint density at radius 1 is 1.30 bits per heavy atom. The molecule has 2 heterocycles. The molecule has 20 heavy (non-hydrogen) atoms. The normalized spacial score (nSPS) is 29.8. The zero-order valence-corrected chi connectivity index (χ0v) is 11.8. The van der Waals surface area contributed by atoms with E-state index in [0.29, 0.717) is 23.7 Å². The molecule has 0 radical (unpaired) electrons.